The number of hydrogen-bond donors (Lipinski definition) is 2. The first-order valence-corrected chi connectivity index (χ1v) is 8.83. The monoisotopic (exact) mass is 418 g/mol. The number of aromatic nitrogens is 2. The lowest BCUT2D eigenvalue weighted by molar-refractivity contribution is 0.0950. The molecule has 3 rings (SSSR count). The molecular weight excluding hydrogens is 403 g/mol. The van der Waals surface area contributed by atoms with E-state index in [-0.39, 0.29) is 5.69 Å². The quantitative estimate of drug-likeness (QED) is 0.464. The van der Waals surface area contributed by atoms with Crippen LogP contribution in [0.3, 0.4) is 0 Å². The zero-order chi connectivity index (χ0) is 20.1. The van der Waals surface area contributed by atoms with Crippen LogP contribution >= 0.6 is 23.2 Å². The van der Waals surface area contributed by atoms with Gasteiger partial charge in [-0.2, -0.15) is 10.2 Å². The zero-order valence-electron chi connectivity index (χ0n) is 15.0. The topological polar surface area (TPSA) is 88.6 Å². The van der Waals surface area contributed by atoms with Gasteiger partial charge in [0.25, 0.3) is 5.91 Å². The molecule has 2 N–H and O–H groups in total. The van der Waals surface area contributed by atoms with Crippen molar-refractivity contribution < 1.29 is 14.3 Å². The summed E-state index contributed by atoms with van der Waals surface area (Å²) in [5.41, 5.74) is 4.63. The average Bonchev–Trinajstić information content (AvgIpc) is 3.20. The second kappa shape index (κ2) is 8.77. The molecule has 0 radical (unpaired) electrons. The smallest absolute Gasteiger partial charge is 0.289 e. The molecule has 9 heteroatoms. The zero-order valence-corrected chi connectivity index (χ0v) is 16.5. The molecule has 0 aliphatic carbocycles. The minimum Gasteiger partial charge on any atom is -0.497 e. The van der Waals surface area contributed by atoms with E-state index < -0.39 is 5.91 Å². The van der Waals surface area contributed by atoms with Crippen molar-refractivity contribution in [3.8, 4) is 22.8 Å². The lowest BCUT2D eigenvalue weighted by Gasteiger charge is -2.06. The van der Waals surface area contributed by atoms with Gasteiger partial charge in [-0.05, 0) is 36.4 Å². The number of halogens is 2. The van der Waals surface area contributed by atoms with Crippen LogP contribution in [0.15, 0.2) is 47.6 Å². The van der Waals surface area contributed by atoms with Crippen molar-refractivity contribution in [1.82, 2.24) is 15.6 Å². The molecule has 0 saturated heterocycles. The number of nitrogens with one attached hydrogen (secondary N) is 2. The number of rotatable bonds is 6. The first-order chi connectivity index (χ1) is 13.5. The number of methoxy groups -OCH3 is 2. The van der Waals surface area contributed by atoms with Gasteiger partial charge in [0, 0.05) is 11.1 Å². The summed E-state index contributed by atoms with van der Waals surface area (Å²) >= 11 is 11.9. The summed E-state index contributed by atoms with van der Waals surface area (Å²) in [5, 5.41) is 11.6. The molecule has 2 aromatic carbocycles. The van der Waals surface area contributed by atoms with Crippen LogP contribution in [0.4, 0.5) is 0 Å². The SMILES string of the molecule is COc1ccc(OC)c(C=NNC(=O)c2cc(-c3ccc(Cl)c(Cl)c3)n[nH]2)c1. The standard InChI is InChI=1S/C19H16Cl2N4O3/c1-27-13-4-6-18(28-2)12(7-13)10-22-25-19(26)17-9-16(23-24-17)11-3-5-14(20)15(21)8-11/h3-10H,1-2H3,(H,23,24)(H,25,26). The fourth-order valence-corrected chi connectivity index (χ4v) is 2.70. The molecule has 0 aliphatic rings. The minimum atomic E-state index is -0.447. The lowest BCUT2D eigenvalue weighted by Crippen LogP contribution is -2.18. The number of carbonyl (C=O) groups excluding carboxylic acids is 1. The van der Waals surface area contributed by atoms with E-state index in [1.807, 2.05) is 0 Å². The summed E-state index contributed by atoms with van der Waals surface area (Å²) in [6, 6.07) is 12.0. The average molecular weight is 419 g/mol. The number of H-pyrrole nitrogens is 1. The van der Waals surface area contributed by atoms with E-state index in [1.165, 1.54) is 6.21 Å². The highest BCUT2D eigenvalue weighted by Gasteiger charge is 2.11. The molecule has 0 unspecified atom stereocenters. The molecule has 0 bridgehead atoms. The Balaban J connectivity index is 1.71. The Kier molecular flexibility index (Phi) is 6.18. The van der Waals surface area contributed by atoms with E-state index in [0.29, 0.717) is 32.8 Å². The van der Waals surface area contributed by atoms with Gasteiger partial charge in [-0.1, -0.05) is 29.3 Å². The fourth-order valence-electron chi connectivity index (χ4n) is 2.40. The van der Waals surface area contributed by atoms with Gasteiger partial charge in [0.1, 0.15) is 17.2 Å². The van der Waals surface area contributed by atoms with Crippen LogP contribution in [0.5, 0.6) is 11.5 Å². The van der Waals surface area contributed by atoms with Crippen LogP contribution in [0, 0.1) is 0 Å². The van der Waals surface area contributed by atoms with Crippen LogP contribution in [0.2, 0.25) is 10.0 Å². The van der Waals surface area contributed by atoms with Gasteiger partial charge in [-0.15, -0.1) is 0 Å². The fraction of sp³-hybridized carbons (Fsp3) is 0.105. The third-order valence-corrected chi connectivity index (χ3v) is 4.58. The molecule has 1 amide bonds. The Morgan fingerprint density at radius 1 is 1.11 bits per heavy atom. The summed E-state index contributed by atoms with van der Waals surface area (Å²) in [6.45, 7) is 0. The van der Waals surface area contributed by atoms with Crippen LogP contribution in [-0.4, -0.2) is 36.5 Å². The maximum Gasteiger partial charge on any atom is 0.289 e. The van der Waals surface area contributed by atoms with E-state index in [4.69, 9.17) is 32.7 Å². The summed E-state index contributed by atoms with van der Waals surface area (Å²) in [7, 11) is 3.11. The van der Waals surface area contributed by atoms with E-state index in [0.717, 1.165) is 5.56 Å². The summed E-state index contributed by atoms with van der Waals surface area (Å²) in [5.74, 6) is 0.799. The molecule has 7 nitrogen and oxygen atoms in total. The van der Waals surface area contributed by atoms with Crippen molar-refractivity contribution in [3.05, 3.63) is 63.8 Å². The minimum absolute atomic E-state index is 0.246. The van der Waals surface area contributed by atoms with Gasteiger partial charge in [-0.3, -0.25) is 9.89 Å². The number of carbonyl (C=O) groups is 1. The van der Waals surface area contributed by atoms with Crippen LogP contribution < -0.4 is 14.9 Å². The Hall–Kier alpha value is -3.03. The van der Waals surface area contributed by atoms with E-state index >= 15 is 0 Å². The Labute approximate surface area is 171 Å². The molecule has 0 atom stereocenters. The number of nitrogens with zero attached hydrogens (tertiary/aromatic N) is 2. The number of amides is 1. The van der Waals surface area contributed by atoms with Crippen molar-refractivity contribution in [2.75, 3.05) is 14.2 Å². The largest absolute Gasteiger partial charge is 0.497 e. The third-order valence-electron chi connectivity index (χ3n) is 3.84. The summed E-state index contributed by atoms with van der Waals surface area (Å²) < 4.78 is 10.4. The lowest BCUT2D eigenvalue weighted by atomic mass is 10.1. The first kappa shape index (κ1) is 19.7. The molecular formula is C19H16Cl2N4O3. The van der Waals surface area contributed by atoms with Gasteiger partial charge in [0.2, 0.25) is 0 Å². The normalized spacial score (nSPS) is 10.9. The Bertz CT molecular complexity index is 1030. The van der Waals surface area contributed by atoms with Gasteiger partial charge >= 0.3 is 0 Å². The molecule has 144 valence electrons. The van der Waals surface area contributed by atoms with Crippen LogP contribution in [0.25, 0.3) is 11.3 Å². The first-order valence-electron chi connectivity index (χ1n) is 8.08. The van der Waals surface area contributed by atoms with Gasteiger partial charge in [-0.25, -0.2) is 5.43 Å². The second-order valence-corrected chi connectivity index (χ2v) is 6.42. The van der Waals surface area contributed by atoms with Crippen molar-refractivity contribution in [2.24, 2.45) is 5.10 Å². The highest BCUT2D eigenvalue weighted by Crippen LogP contribution is 2.27. The molecule has 0 aliphatic heterocycles. The van der Waals surface area contributed by atoms with Crippen molar-refractivity contribution >= 4 is 35.3 Å². The predicted molar refractivity (Wildman–Crippen MR) is 109 cm³/mol. The Morgan fingerprint density at radius 2 is 1.93 bits per heavy atom. The third kappa shape index (κ3) is 4.44. The van der Waals surface area contributed by atoms with E-state index in [2.05, 4.69) is 20.7 Å². The van der Waals surface area contributed by atoms with Gasteiger partial charge in [0.15, 0.2) is 0 Å². The van der Waals surface area contributed by atoms with E-state index in [9.17, 15) is 4.79 Å². The van der Waals surface area contributed by atoms with Crippen molar-refractivity contribution in [2.45, 2.75) is 0 Å². The molecule has 3 aromatic rings. The molecule has 0 spiro atoms. The number of benzene rings is 2. The van der Waals surface area contributed by atoms with Crippen LogP contribution in [0.1, 0.15) is 16.1 Å². The molecule has 1 heterocycles. The number of ether oxygens (including phenoxy) is 2. The molecule has 1 aromatic heterocycles. The summed E-state index contributed by atoms with van der Waals surface area (Å²) in [6.07, 6.45) is 1.47. The highest BCUT2D eigenvalue weighted by molar-refractivity contribution is 6.42. The van der Waals surface area contributed by atoms with Gasteiger partial charge in [0.05, 0.1) is 36.2 Å². The Morgan fingerprint density at radius 3 is 2.64 bits per heavy atom. The van der Waals surface area contributed by atoms with Crippen molar-refractivity contribution in [3.63, 3.8) is 0 Å². The van der Waals surface area contributed by atoms with Crippen molar-refractivity contribution in [1.29, 1.82) is 0 Å². The molecule has 0 saturated carbocycles. The number of hydrazone groups is 1. The summed E-state index contributed by atoms with van der Waals surface area (Å²) in [4.78, 5) is 12.3. The highest BCUT2D eigenvalue weighted by atomic mass is 35.5. The maximum atomic E-state index is 12.3. The molecule has 28 heavy (non-hydrogen) atoms. The van der Waals surface area contributed by atoms with Gasteiger partial charge < -0.3 is 9.47 Å². The number of aromatic amines is 1. The van der Waals surface area contributed by atoms with E-state index in [1.54, 1.807) is 56.7 Å². The van der Waals surface area contributed by atoms with Crippen LogP contribution in [-0.2, 0) is 0 Å². The second-order valence-electron chi connectivity index (χ2n) is 5.60. The number of hydrogen-bond acceptors (Lipinski definition) is 5. The predicted octanol–water partition coefficient (Wildman–Crippen LogP) is 4.16. The molecule has 0 fully saturated rings. The maximum absolute atomic E-state index is 12.3.